The molecular weight excluding hydrogens is 102 g/mol. The van der Waals surface area contributed by atoms with E-state index >= 15 is 0 Å². The molecule has 0 unspecified atom stereocenters. The molecule has 2 heteroatoms. The molecule has 2 nitrogen and oxygen atoms in total. The summed E-state index contributed by atoms with van der Waals surface area (Å²) >= 11 is 0. The summed E-state index contributed by atoms with van der Waals surface area (Å²) in [6.07, 6.45) is 0. The first-order valence-corrected chi connectivity index (χ1v) is 2.96. The van der Waals surface area contributed by atoms with Gasteiger partial charge in [-0.05, 0) is 0 Å². The van der Waals surface area contributed by atoms with Crippen LogP contribution in [-0.2, 0) is 4.74 Å². The van der Waals surface area contributed by atoms with Crippen molar-refractivity contribution in [3.8, 4) is 0 Å². The van der Waals surface area contributed by atoms with Crippen LogP contribution in [0.2, 0.25) is 0 Å². The van der Waals surface area contributed by atoms with Gasteiger partial charge in [-0.25, -0.2) is 0 Å². The molecule has 0 radical (unpaired) electrons. The molecule has 0 amide bonds. The summed E-state index contributed by atoms with van der Waals surface area (Å²) in [6, 6.07) is 0.238. The first-order chi connectivity index (χ1) is 3.63. The third-order valence-electron chi connectivity index (χ3n) is 1.78. The molecule has 2 N–H and O–H groups in total. The predicted octanol–water partition coefficient (Wildman–Crippen LogP) is 0.370. The first-order valence-electron chi connectivity index (χ1n) is 2.96. The van der Waals surface area contributed by atoms with E-state index in [9.17, 15) is 0 Å². The van der Waals surface area contributed by atoms with Crippen molar-refractivity contribution in [1.29, 1.82) is 0 Å². The van der Waals surface area contributed by atoms with Crippen molar-refractivity contribution in [2.24, 2.45) is 11.1 Å². The Bertz CT molecular complexity index is 90.5. The molecule has 0 bridgehead atoms. The maximum atomic E-state index is 5.69. The maximum Gasteiger partial charge on any atom is 0.0623 e. The highest BCUT2D eigenvalue weighted by Crippen LogP contribution is 2.24. The molecule has 1 aliphatic rings. The highest BCUT2D eigenvalue weighted by molar-refractivity contribution is 4.85. The molecule has 0 aromatic rings. The predicted molar refractivity (Wildman–Crippen MR) is 32.6 cm³/mol. The zero-order valence-corrected chi connectivity index (χ0v) is 5.48. The summed E-state index contributed by atoms with van der Waals surface area (Å²) in [5, 5.41) is 0. The molecule has 0 saturated carbocycles. The van der Waals surface area contributed by atoms with Gasteiger partial charge in [-0.15, -0.1) is 0 Å². The Hall–Kier alpha value is -0.0800. The Morgan fingerprint density at radius 2 is 2.25 bits per heavy atom. The minimum atomic E-state index is 0.208. The van der Waals surface area contributed by atoms with E-state index in [1.807, 2.05) is 0 Å². The van der Waals surface area contributed by atoms with Gasteiger partial charge in [0.05, 0.1) is 13.2 Å². The Kier molecular flexibility index (Phi) is 1.29. The van der Waals surface area contributed by atoms with Crippen LogP contribution in [0.5, 0.6) is 0 Å². The minimum absolute atomic E-state index is 0.208. The lowest BCUT2D eigenvalue weighted by Gasteiger charge is -2.19. The summed E-state index contributed by atoms with van der Waals surface area (Å²) in [6.45, 7) is 5.80. The molecule has 1 saturated heterocycles. The zero-order valence-electron chi connectivity index (χ0n) is 5.48. The van der Waals surface area contributed by atoms with E-state index in [1.54, 1.807) is 0 Å². The fraction of sp³-hybridized carbons (Fsp3) is 1.00. The van der Waals surface area contributed by atoms with Crippen molar-refractivity contribution < 1.29 is 4.74 Å². The fourth-order valence-electron chi connectivity index (χ4n) is 0.782. The van der Waals surface area contributed by atoms with Crippen molar-refractivity contribution >= 4 is 0 Å². The zero-order chi connectivity index (χ0) is 6.20. The van der Waals surface area contributed by atoms with E-state index in [-0.39, 0.29) is 11.5 Å². The van der Waals surface area contributed by atoms with E-state index in [0.717, 1.165) is 13.2 Å². The second kappa shape index (κ2) is 1.71. The third-order valence-corrected chi connectivity index (χ3v) is 1.78. The fourth-order valence-corrected chi connectivity index (χ4v) is 0.782. The molecule has 0 aromatic heterocycles. The molecule has 8 heavy (non-hydrogen) atoms. The van der Waals surface area contributed by atoms with Crippen LogP contribution in [0.15, 0.2) is 0 Å². The largest absolute Gasteiger partial charge is 0.379 e. The van der Waals surface area contributed by atoms with Crippen molar-refractivity contribution in [2.45, 2.75) is 19.9 Å². The molecular formula is C6H13NO. The van der Waals surface area contributed by atoms with Gasteiger partial charge in [0.25, 0.3) is 0 Å². The van der Waals surface area contributed by atoms with Crippen LogP contribution in [0.4, 0.5) is 0 Å². The molecule has 1 fully saturated rings. The summed E-state index contributed by atoms with van der Waals surface area (Å²) in [5.41, 5.74) is 5.90. The lowest BCUT2D eigenvalue weighted by Crippen LogP contribution is -2.35. The lowest BCUT2D eigenvalue weighted by atomic mass is 9.89. The Morgan fingerprint density at radius 1 is 1.62 bits per heavy atom. The quantitative estimate of drug-likeness (QED) is 0.495. The van der Waals surface area contributed by atoms with Gasteiger partial charge in [0.1, 0.15) is 0 Å². The number of hydrogen-bond acceptors (Lipinski definition) is 2. The van der Waals surface area contributed by atoms with E-state index < -0.39 is 0 Å². The van der Waals surface area contributed by atoms with Gasteiger partial charge in [0.2, 0.25) is 0 Å². The normalized spacial score (nSPS) is 35.6. The summed E-state index contributed by atoms with van der Waals surface area (Å²) in [4.78, 5) is 0. The lowest BCUT2D eigenvalue weighted by molar-refractivity contribution is 0.167. The van der Waals surface area contributed by atoms with Gasteiger partial charge >= 0.3 is 0 Å². The van der Waals surface area contributed by atoms with Crippen LogP contribution in [0.3, 0.4) is 0 Å². The van der Waals surface area contributed by atoms with E-state index in [2.05, 4.69) is 13.8 Å². The minimum Gasteiger partial charge on any atom is -0.379 e. The van der Waals surface area contributed by atoms with Crippen LogP contribution in [-0.4, -0.2) is 19.3 Å². The molecule has 1 rings (SSSR count). The van der Waals surface area contributed by atoms with Crippen LogP contribution < -0.4 is 5.73 Å². The topological polar surface area (TPSA) is 35.2 Å². The summed E-state index contributed by atoms with van der Waals surface area (Å²) in [5.74, 6) is 0. The first kappa shape index (κ1) is 6.05. The van der Waals surface area contributed by atoms with E-state index in [1.165, 1.54) is 0 Å². The van der Waals surface area contributed by atoms with E-state index in [4.69, 9.17) is 10.5 Å². The Labute approximate surface area is 50.0 Å². The van der Waals surface area contributed by atoms with Crippen LogP contribution in [0.1, 0.15) is 13.8 Å². The van der Waals surface area contributed by atoms with Crippen LogP contribution >= 0.6 is 0 Å². The molecule has 0 aliphatic carbocycles. The van der Waals surface area contributed by atoms with Gasteiger partial charge < -0.3 is 10.5 Å². The number of ether oxygens (including phenoxy) is 1. The van der Waals surface area contributed by atoms with Gasteiger partial charge in [-0.1, -0.05) is 13.8 Å². The summed E-state index contributed by atoms with van der Waals surface area (Å²) in [7, 11) is 0. The van der Waals surface area contributed by atoms with Gasteiger partial charge in [-0.3, -0.25) is 0 Å². The van der Waals surface area contributed by atoms with Gasteiger partial charge in [-0.2, -0.15) is 0 Å². The van der Waals surface area contributed by atoms with Crippen molar-refractivity contribution in [3.63, 3.8) is 0 Å². The Morgan fingerprint density at radius 3 is 2.38 bits per heavy atom. The molecule has 1 atom stereocenters. The second-order valence-corrected chi connectivity index (χ2v) is 3.11. The van der Waals surface area contributed by atoms with Gasteiger partial charge in [0.15, 0.2) is 0 Å². The van der Waals surface area contributed by atoms with Crippen LogP contribution in [0.25, 0.3) is 0 Å². The molecule has 0 spiro atoms. The van der Waals surface area contributed by atoms with Gasteiger partial charge in [0, 0.05) is 11.5 Å². The Balaban J connectivity index is 2.54. The second-order valence-electron chi connectivity index (χ2n) is 3.11. The standard InChI is InChI=1S/C6H13NO/c1-6(2)4-8-3-5(6)7/h5H,3-4,7H2,1-2H3/t5-/m1/s1. The molecule has 0 aromatic carbocycles. The van der Waals surface area contributed by atoms with E-state index in [0.29, 0.717) is 0 Å². The number of rotatable bonds is 0. The highest BCUT2D eigenvalue weighted by Gasteiger charge is 2.32. The maximum absolute atomic E-state index is 5.69. The average molecular weight is 115 g/mol. The number of nitrogens with two attached hydrogens (primary N) is 1. The molecule has 48 valence electrons. The molecule has 1 aliphatic heterocycles. The SMILES string of the molecule is CC1(C)COC[C@H]1N. The molecule has 1 heterocycles. The highest BCUT2D eigenvalue weighted by atomic mass is 16.5. The van der Waals surface area contributed by atoms with Crippen molar-refractivity contribution in [3.05, 3.63) is 0 Å². The monoisotopic (exact) mass is 115 g/mol. The third kappa shape index (κ3) is 0.858. The van der Waals surface area contributed by atoms with Crippen molar-refractivity contribution in [2.75, 3.05) is 13.2 Å². The smallest absolute Gasteiger partial charge is 0.0623 e. The summed E-state index contributed by atoms with van der Waals surface area (Å²) < 4.78 is 5.15. The van der Waals surface area contributed by atoms with Crippen LogP contribution in [0, 0.1) is 5.41 Å². The number of hydrogen-bond donors (Lipinski definition) is 1. The average Bonchev–Trinajstić information content (AvgIpc) is 1.86. The van der Waals surface area contributed by atoms with Crippen molar-refractivity contribution in [1.82, 2.24) is 0 Å².